The Hall–Kier alpha value is -4.35. The first-order valence-electron chi connectivity index (χ1n) is 12.6. The van der Waals surface area contributed by atoms with Crippen molar-refractivity contribution in [2.24, 2.45) is 0 Å². The number of methoxy groups -OCH3 is 1. The second-order valence-electron chi connectivity index (χ2n) is 9.12. The highest BCUT2D eigenvalue weighted by atomic mass is 19.2. The van der Waals surface area contributed by atoms with Crippen LogP contribution in [0.4, 0.5) is 31.8 Å². The molecular weight excluding hydrogens is 504 g/mol. The van der Waals surface area contributed by atoms with Crippen molar-refractivity contribution in [1.82, 2.24) is 19.5 Å². The molecule has 0 aliphatic carbocycles. The van der Waals surface area contributed by atoms with E-state index in [-0.39, 0.29) is 23.2 Å². The van der Waals surface area contributed by atoms with Gasteiger partial charge in [0, 0.05) is 51.1 Å². The molecule has 1 amide bonds. The lowest BCUT2D eigenvalue weighted by Gasteiger charge is -2.36. The molecule has 5 rings (SSSR count). The number of ether oxygens (including phenoxy) is 1. The summed E-state index contributed by atoms with van der Waals surface area (Å²) in [6, 6.07) is 14.1. The number of halogens is 2. The van der Waals surface area contributed by atoms with Gasteiger partial charge in [-0.3, -0.25) is 9.69 Å². The zero-order valence-electron chi connectivity index (χ0n) is 21.5. The highest BCUT2D eigenvalue weighted by Gasteiger charge is 2.23. The number of carbonyl (C=O) groups is 1. The Balaban J connectivity index is 1.35. The molecule has 1 fully saturated rings. The molecule has 9 nitrogen and oxygen atoms in total. The van der Waals surface area contributed by atoms with E-state index in [1.807, 2.05) is 35.2 Å². The predicted octanol–water partition coefficient (Wildman–Crippen LogP) is 4.31. The summed E-state index contributed by atoms with van der Waals surface area (Å²) < 4.78 is 37.0. The molecule has 11 heteroatoms. The van der Waals surface area contributed by atoms with E-state index in [9.17, 15) is 4.79 Å². The fraction of sp³-hybridized carbons (Fsp3) is 0.250. The topological polar surface area (TPSA) is 87.0 Å². The second kappa shape index (κ2) is 11.6. The largest absolute Gasteiger partial charge is 0.383 e. The van der Waals surface area contributed by atoms with Gasteiger partial charge in [0.2, 0.25) is 11.9 Å². The highest BCUT2D eigenvalue weighted by Crippen LogP contribution is 2.30. The van der Waals surface area contributed by atoms with Crippen LogP contribution >= 0.6 is 0 Å². The van der Waals surface area contributed by atoms with Crippen LogP contribution in [0, 0.1) is 11.6 Å². The van der Waals surface area contributed by atoms with Crippen LogP contribution in [0.2, 0.25) is 0 Å². The van der Waals surface area contributed by atoms with E-state index in [1.54, 1.807) is 30.0 Å². The van der Waals surface area contributed by atoms with Gasteiger partial charge in [0.05, 0.1) is 35.4 Å². The standard InChI is InChI=1S/C28H29F2N7O2/c1-3-25(38)32-20-6-4-5-19(17-20)23-9-7-21-18-31-28(34-37(21)23)33-22-8-10-24(27(30)26(22)29)36-13-11-35(12-14-36)15-16-39-2/h3-10,17-18H,1,11-16H2,2H3,(H,32,38)(H,33,34). The van der Waals surface area contributed by atoms with Crippen LogP contribution in [-0.2, 0) is 9.53 Å². The summed E-state index contributed by atoms with van der Waals surface area (Å²) in [6.07, 6.45) is 2.79. The van der Waals surface area contributed by atoms with Crippen molar-refractivity contribution >= 4 is 34.4 Å². The molecular formula is C28H29F2N7O2. The zero-order valence-corrected chi connectivity index (χ0v) is 21.5. The average molecular weight is 534 g/mol. The quantitative estimate of drug-likeness (QED) is 0.310. The zero-order chi connectivity index (χ0) is 27.4. The normalized spacial score (nSPS) is 14.0. The molecule has 0 bridgehead atoms. The predicted molar refractivity (Wildman–Crippen MR) is 147 cm³/mol. The van der Waals surface area contributed by atoms with Crippen LogP contribution in [-0.4, -0.2) is 71.8 Å². The first-order valence-corrected chi connectivity index (χ1v) is 12.6. The maximum Gasteiger partial charge on any atom is 0.247 e. The van der Waals surface area contributed by atoms with Gasteiger partial charge < -0.3 is 20.3 Å². The van der Waals surface area contributed by atoms with Gasteiger partial charge in [0.25, 0.3) is 0 Å². The van der Waals surface area contributed by atoms with Crippen molar-refractivity contribution in [2.45, 2.75) is 0 Å². The number of anilines is 4. The van der Waals surface area contributed by atoms with Crippen LogP contribution in [0.1, 0.15) is 0 Å². The number of amides is 1. The van der Waals surface area contributed by atoms with Crippen molar-refractivity contribution in [3.8, 4) is 11.3 Å². The molecule has 2 aromatic heterocycles. The Morgan fingerprint density at radius 1 is 1.10 bits per heavy atom. The van der Waals surface area contributed by atoms with Crippen LogP contribution in [0.5, 0.6) is 0 Å². The lowest BCUT2D eigenvalue weighted by Crippen LogP contribution is -2.47. The van der Waals surface area contributed by atoms with Gasteiger partial charge in [-0.05, 0) is 42.5 Å². The minimum Gasteiger partial charge on any atom is -0.383 e. The first kappa shape index (κ1) is 26.3. The third-order valence-corrected chi connectivity index (χ3v) is 6.64. The summed E-state index contributed by atoms with van der Waals surface area (Å²) >= 11 is 0. The molecule has 1 saturated heterocycles. The average Bonchev–Trinajstić information content (AvgIpc) is 3.38. The maximum atomic E-state index is 15.1. The number of nitrogens with one attached hydrogen (secondary N) is 2. The summed E-state index contributed by atoms with van der Waals surface area (Å²) in [5.74, 6) is -2.11. The highest BCUT2D eigenvalue weighted by molar-refractivity contribution is 5.99. The first-order chi connectivity index (χ1) is 19.0. The van der Waals surface area contributed by atoms with Crippen molar-refractivity contribution in [1.29, 1.82) is 0 Å². The molecule has 0 atom stereocenters. The Morgan fingerprint density at radius 2 is 1.92 bits per heavy atom. The van der Waals surface area contributed by atoms with E-state index in [0.717, 1.165) is 30.9 Å². The number of piperazine rings is 1. The van der Waals surface area contributed by atoms with Gasteiger partial charge in [0.1, 0.15) is 0 Å². The third kappa shape index (κ3) is 5.74. The van der Waals surface area contributed by atoms with Crippen molar-refractivity contribution in [2.75, 3.05) is 62.0 Å². The number of aromatic nitrogens is 3. The third-order valence-electron chi connectivity index (χ3n) is 6.64. The van der Waals surface area contributed by atoms with E-state index >= 15 is 8.78 Å². The molecule has 1 aliphatic rings. The molecule has 0 unspecified atom stereocenters. The molecule has 39 heavy (non-hydrogen) atoms. The van der Waals surface area contributed by atoms with E-state index in [2.05, 4.69) is 32.2 Å². The van der Waals surface area contributed by atoms with Crippen LogP contribution in [0.3, 0.4) is 0 Å². The number of fused-ring (bicyclic) bond motifs is 1. The number of hydrogen-bond donors (Lipinski definition) is 2. The lowest BCUT2D eigenvalue weighted by atomic mass is 10.1. The van der Waals surface area contributed by atoms with Crippen LogP contribution < -0.4 is 15.5 Å². The number of carbonyl (C=O) groups excluding carboxylic acids is 1. The van der Waals surface area contributed by atoms with Gasteiger partial charge in [-0.15, -0.1) is 5.10 Å². The Kier molecular flexibility index (Phi) is 7.80. The van der Waals surface area contributed by atoms with Crippen molar-refractivity contribution in [3.63, 3.8) is 0 Å². The van der Waals surface area contributed by atoms with Crippen LogP contribution in [0.25, 0.3) is 16.8 Å². The molecule has 1 aliphatic heterocycles. The van der Waals surface area contributed by atoms with E-state index < -0.39 is 11.6 Å². The summed E-state index contributed by atoms with van der Waals surface area (Å²) in [4.78, 5) is 20.0. The molecule has 3 heterocycles. The monoisotopic (exact) mass is 533 g/mol. The molecule has 0 radical (unpaired) electrons. The Labute approximate surface area is 224 Å². The van der Waals surface area contributed by atoms with E-state index in [1.165, 1.54) is 12.1 Å². The Bertz CT molecular complexity index is 1500. The number of rotatable bonds is 9. The molecule has 2 aromatic carbocycles. The number of benzene rings is 2. The number of nitrogens with zero attached hydrogens (tertiary/aromatic N) is 5. The smallest absolute Gasteiger partial charge is 0.247 e. The van der Waals surface area contributed by atoms with Gasteiger partial charge in [-0.25, -0.2) is 18.3 Å². The van der Waals surface area contributed by atoms with Crippen LogP contribution in [0.15, 0.2) is 67.4 Å². The van der Waals surface area contributed by atoms with Crippen molar-refractivity contribution in [3.05, 3.63) is 79.0 Å². The van der Waals surface area contributed by atoms with Gasteiger partial charge in [-0.2, -0.15) is 0 Å². The fourth-order valence-electron chi connectivity index (χ4n) is 4.56. The number of hydrogen-bond acceptors (Lipinski definition) is 7. The molecule has 0 saturated carbocycles. The summed E-state index contributed by atoms with van der Waals surface area (Å²) in [5.41, 5.74) is 3.02. The van der Waals surface area contributed by atoms with E-state index in [4.69, 9.17) is 4.74 Å². The SMILES string of the molecule is C=CC(=O)Nc1cccc(-c2ccc3cnc(Nc4ccc(N5CCN(CCOC)CC5)c(F)c4F)nn23)c1. The summed E-state index contributed by atoms with van der Waals surface area (Å²) in [5, 5.41) is 10.1. The lowest BCUT2D eigenvalue weighted by molar-refractivity contribution is -0.111. The van der Waals surface area contributed by atoms with Gasteiger partial charge >= 0.3 is 0 Å². The molecule has 4 aromatic rings. The Morgan fingerprint density at radius 3 is 2.69 bits per heavy atom. The molecule has 0 spiro atoms. The second-order valence-corrected chi connectivity index (χ2v) is 9.12. The van der Waals surface area contributed by atoms with Crippen molar-refractivity contribution < 1.29 is 18.3 Å². The van der Waals surface area contributed by atoms with Gasteiger partial charge in [0.15, 0.2) is 11.6 Å². The molecule has 202 valence electrons. The van der Waals surface area contributed by atoms with Gasteiger partial charge in [-0.1, -0.05) is 18.7 Å². The minimum absolute atomic E-state index is 0.0582. The fourth-order valence-corrected chi connectivity index (χ4v) is 4.56. The summed E-state index contributed by atoms with van der Waals surface area (Å²) in [6.45, 7) is 7.62. The molecule has 2 N–H and O–H groups in total. The minimum atomic E-state index is -0.989. The maximum absolute atomic E-state index is 15.1. The van der Waals surface area contributed by atoms with E-state index in [0.29, 0.717) is 30.9 Å². The summed E-state index contributed by atoms with van der Waals surface area (Å²) in [7, 11) is 1.66.